The van der Waals surface area contributed by atoms with Gasteiger partial charge in [-0.05, 0) is 0 Å². The Balaban J connectivity index is 0. The first-order valence-corrected chi connectivity index (χ1v) is 2.48. The first kappa shape index (κ1) is 16.3. The summed E-state index contributed by atoms with van der Waals surface area (Å²) in [5, 5.41) is 9.27. The molecule has 0 amide bonds. The second-order valence-corrected chi connectivity index (χ2v) is 1.93. The van der Waals surface area contributed by atoms with Crippen LogP contribution in [0.1, 0.15) is 0 Å². The number of carboxylic acid groups (broad SMARTS) is 1. The van der Waals surface area contributed by atoms with Crippen molar-refractivity contribution in [1.82, 2.24) is 0 Å². The Kier molecular flexibility index (Phi) is 4.88. The van der Waals surface area contributed by atoms with E-state index in [4.69, 9.17) is 0 Å². The number of hydrogen-bond acceptors (Lipinski definition) is 2. The quantitative estimate of drug-likeness (QED) is 0.476. The normalized spacial score (nSPS) is 13.4. The molecule has 0 aliphatic heterocycles. The van der Waals surface area contributed by atoms with Crippen LogP contribution in [0, 0.1) is 0 Å². The first-order valence-electron chi connectivity index (χ1n) is 2.48. The predicted molar refractivity (Wildman–Crippen MR) is 26.7 cm³/mol. The molecule has 10 heteroatoms. The number of carbonyl (C=O) groups excluding carboxylic acids is 1. The van der Waals surface area contributed by atoms with E-state index in [9.17, 15) is 40.6 Å². The van der Waals surface area contributed by atoms with E-state index in [1.54, 1.807) is 0 Å². The molecule has 0 aromatic rings. The number of halogens is 7. The molecule has 80 valence electrons. The molecule has 0 aromatic heterocycles. The van der Waals surface area contributed by atoms with Gasteiger partial charge in [0.05, 0.1) is 0 Å². The molecule has 0 radical (unpaired) electrons. The Labute approximate surface area is 92.2 Å². The summed E-state index contributed by atoms with van der Waals surface area (Å²) in [6.07, 6.45) is -6.64. The zero-order chi connectivity index (χ0) is 11.1. The Morgan fingerprint density at radius 3 is 1.29 bits per heavy atom. The van der Waals surface area contributed by atoms with Gasteiger partial charge in [0.25, 0.3) is 0 Å². The minimum atomic E-state index is -6.64. The molecule has 0 heterocycles. The van der Waals surface area contributed by atoms with Crippen molar-refractivity contribution >= 4 is 33.3 Å². The fraction of sp³-hybridized carbons (Fsp3) is 0.750. The molecule has 0 rings (SSSR count). The van der Waals surface area contributed by atoms with E-state index in [0.717, 1.165) is 0 Å². The molecule has 0 saturated heterocycles. The van der Waals surface area contributed by atoms with Gasteiger partial charge < -0.3 is 9.90 Å². The van der Waals surface area contributed by atoms with Crippen LogP contribution in [0.5, 0.6) is 0 Å². The standard InChI is InChI=1S/C4HF7O2.Tl/c5-2(6,1(12)13)3(7,8)4(9,10)11;/h(H,12,13);/q;+1/p-1. The number of carboxylic acids is 1. The third-order valence-electron chi connectivity index (χ3n) is 1.01. The van der Waals surface area contributed by atoms with Crippen molar-refractivity contribution in [2.45, 2.75) is 18.0 Å². The summed E-state index contributed by atoms with van der Waals surface area (Å²) in [5.41, 5.74) is 0. The van der Waals surface area contributed by atoms with Crippen LogP contribution in [0.2, 0.25) is 0 Å². The van der Waals surface area contributed by atoms with E-state index in [0.29, 0.717) is 0 Å². The molecular weight excluding hydrogens is 417 g/mol. The molecule has 0 atom stereocenters. The van der Waals surface area contributed by atoms with Gasteiger partial charge in [0.2, 0.25) is 0 Å². The second kappa shape index (κ2) is 4.18. The van der Waals surface area contributed by atoms with Crippen molar-refractivity contribution in [2.75, 3.05) is 0 Å². The maximum Gasteiger partial charge on any atom is 1.00 e. The van der Waals surface area contributed by atoms with E-state index in [2.05, 4.69) is 0 Å². The van der Waals surface area contributed by atoms with Gasteiger partial charge in [-0.3, -0.25) is 0 Å². The monoisotopic (exact) mass is 418 g/mol. The van der Waals surface area contributed by atoms with Crippen LogP contribution in [-0.4, -0.2) is 51.3 Å². The average molecular weight is 417 g/mol. The van der Waals surface area contributed by atoms with E-state index < -0.39 is 24.0 Å². The Morgan fingerprint density at radius 1 is 0.929 bits per heavy atom. The molecule has 2 nitrogen and oxygen atoms in total. The summed E-state index contributed by atoms with van der Waals surface area (Å²) < 4.78 is 80.2. The predicted octanol–water partition coefficient (Wildman–Crippen LogP) is 0.188. The van der Waals surface area contributed by atoms with Gasteiger partial charge in [0.15, 0.2) is 0 Å². The van der Waals surface area contributed by atoms with Crippen molar-refractivity contribution in [2.24, 2.45) is 0 Å². The van der Waals surface area contributed by atoms with Crippen LogP contribution >= 0.6 is 0 Å². The van der Waals surface area contributed by atoms with Crippen LogP contribution in [0.3, 0.4) is 0 Å². The summed E-state index contributed by atoms with van der Waals surface area (Å²) in [4.78, 5) is 9.27. The van der Waals surface area contributed by atoms with Gasteiger partial charge >= 0.3 is 45.3 Å². The number of carbonyl (C=O) groups is 1. The van der Waals surface area contributed by atoms with Crippen molar-refractivity contribution in [3.8, 4) is 0 Å². The molecule has 0 spiro atoms. The van der Waals surface area contributed by atoms with Crippen molar-refractivity contribution in [3.63, 3.8) is 0 Å². The zero-order valence-corrected chi connectivity index (χ0v) is 10.5. The maximum atomic E-state index is 11.7. The van der Waals surface area contributed by atoms with Gasteiger partial charge in [0, 0.05) is 0 Å². The van der Waals surface area contributed by atoms with E-state index in [1.807, 2.05) is 0 Å². The van der Waals surface area contributed by atoms with E-state index in [-0.39, 0.29) is 27.3 Å². The van der Waals surface area contributed by atoms with Gasteiger partial charge in [-0.2, -0.15) is 30.7 Å². The number of hydrogen-bond donors (Lipinski definition) is 0. The minimum absolute atomic E-state index is 0. The number of alkyl halides is 7. The average Bonchev–Trinajstić information content (AvgIpc) is 1.84. The van der Waals surface area contributed by atoms with Crippen LogP contribution in [0.15, 0.2) is 0 Å². The topological polar surface area (TPSA) is 40.1 Å². The van der Waals surface area contributed by atoms with Crippen LogP contribution < -0.4 is 5.11 Å². The second-order valence-electron chi connectivity index (χ2n) is 1.93. The summed E-state index contributed by atoms with van der Waals surface area (Å²) in [6, 6.07) is 0. The van der Waals surface area contributed by atoms with Gasteiger partial charge in [-0.1, -0.05) is 0 Å². The molecule has 0 aromatic carbocycles. The molecular formula is C4F7O2Tl. The van der Waals surface area contributed by atoms with Gasteiger partial charge in [-0.15, -0.1) is 0 Å². The van der Waals surface area contributed by atoms with Crippen LogP contribution in [0.25, 0.3) is 0 Å². The first-order chi connectivity index (χ1) is 5.44. The smallest absolute Gasteiger partial charge is 0.544 e. The Morgan fingerprint density at radius 2 is 1.21 bits per heavy atom. The molecule has 0 unspecified atom stereocenters. The SMILES string of the molecule is O=C([O-])C(F)(F)C(F)(F)C(F)(F)F.[Tl+]. The number of rotatable bonds is 2. The molecule has 0 bridgehead atoms. The minimum Gasteiger partial charge on any atom is -0.544 e. The van der Waals surface area contributed by atoms with Crippen molar-refractivity contribution in [1.29, 1.82) is 0 Å². The van der Waals surface area contributed by atoms with Gasteiger partial charge in [0.1, 0.15) is 5.97 Å². The zero-order valence-electron chi connectivity index (χ0n) is 6.04. The molecule has 0 aliphatic carbocycles. The fourth-order valence-corrected chi connectivity index (χ4v) is 0.306. The fourth-order valence-electron chi connectivity index (χ4n) is 0.306. The third-order valence-corrected chi connectivity index (χ3v) is 1.01. The number of aliphatic carboxylic acids is 1. The van der Waals surface area contributed by atoms with Crippen LogP contribution in [-0.2, 0) is 4.79 Å². The van der Waals surface area contributed by atoms with Gasteiger partial charge in [-0.25, -0.2) is 0 Å². The molecule has 0 aliphatic rings. The molecule has 0 N–H and O–H groups in total. The van der Waals surface area contributed by atoms with E-state index in [1.165, 1.54) is 0 Å². The van der Waals surface area contributed by atoms with Crippen LogP contribution in [0.4, 0.5) is 30.7 Å². The van der Waals surface area contributed by atoms with Crippen molar-refractivity contribution < 1.29 is 40.6 Å². The molecule has 0 fully saturated rings. The summed E-state index contributed by atoms with van der Waals surface area (Å²) in [7, 11) is 0. The Hall–Kier alpha value is -0.0979. The Bertz CT molecular complexity index is 222. The largest absolute Gasteiger partial charge is 1.00 e. The maximum absolute atomic E-state index is 11.7. The third kappa shape index (κ3) is 2.48. The summed E-state index contributed by atoms with van der Waals surface area (Å²) >= 11 is 0. The summed E-state index contributed by atoms with van der Waals surface area (Å²) in [6.45, 7) is 0. The van der Waals surface area contributed by atoms with E-state index >= 15 is 0 Å². The molecule has 14 heavy (non-hydrogen) atoms. The van der Waals surface area contributed by atoms with Crippen molar-refractivity contribution in [3.05, 3.63) is 0 Å². The summed E-state index contributed by atoms with van der Waals surface area (Å²) in [5.74, 6) is -16.7. The molecule has 0 saturated carbocycles.